The minimum Gasteiger partial charge on any atom is -0.304 e. The van der Waals surface area contributed by atoms with Crippen LogP contribution in [0.1, 0.15) is 16.1 Å². The van der Waals surface area contributed by atoms with Gasteiger partial charge in [0.25, 0.3) is 5.91 Å². The van der Waals surface area contributed by atoms with Gasteiger partial charge in [0.15, 0.2) is 5.82 Å². The number of carbonyl (C=O) groups excluding carboxylic acids is 1. The normalized spacial score (nSPS) is 10.7. The average Bonchev–Trinajstić information content (AvgIpc) is 3.32. The highest BCUT2D eigenvalue weighted by atomic mass is 35.5. The molecule has 0 saturated heterocycles. The van der Waals surface area contributed by atoms with Gasteiger partial charge in [0.2, 0.25) is 0 Å². The number of halogens is 1. The van der Waals surface area contributed by atoms with Crippen LogP contribution in [0.2, 0.25) is 5.02 Å². The topological polar surface area (TPSA) is 88.5 Å². The van der Waals surface area contributed by atoms with Gasteiger partial charge in [0, 0.05) is 35.2 Å². The van der Waals surface area contributed by atoms with Gasteiger partial charge in [-0.05, 0) is 35.9 Å². The fourth-order valence-corrected chi connectivity index (χ4v) is 2.80. The van der Waals surface area contributed by atoms with E-state index in [-0.39, 0.29) is 5.91 Å². The van der Waals surface area contributed by atoms with Crippen molar-refractivity contribution in [2.24, 2.45) is 0 Å². The van der Waals surface area contributed by atoms with Crippen molar-refractivity contribution in [3.63, 3.8) is 0 Å². The highest BCUT2D eigenvalue weighted by Gasteiger charge is 2.13. The number of hydrogen-bond donors (Lipinski definition) is 2. The Morgan fingerprint density at radius 1 is 1.15 bits per heavy atom. The molecule has 0 aliphatic heterocycles. The number of aromatic amines is 1. The Labute approximate surface area is 160 Å². The zero-order chi connectivity index (χ0) is 18.6. The van der Waals surface area contributed by atoms with Crippen molar-refractivity contribution in [3.8, 4) is 11.3 Å². The Balaban J connectivity index is 1.44. The van der Waals surface area contributed by atoms with Crippen LogP contribution in [0.15, 0.2) is 67.1 Å². The number of aromatic nitrogens is 5. The number of anilines is 1. The van der Waals surface area contributed by atoms with Crippen LogP contribution in [0.3, 0.4) is 0 Å². The number of hydrogen-bond acceptors (Lipinski definition) is 4. The lowest BCUT2D eigenvalue weighted by Gasteiger charge is -2.01. The molecule has 2 N–H and O–H groups in total. The number of H-pyrrole nitrogens is 1. The van der Waals surface area contributed by atoms with Gasteiger partial charge >= 0.3 is 0 Å². The van der Waals surface area contributed by atoms with Gasteiger partial charge in [-0.3, -0.25) is 19.6 Å². The first-order valence-corrected chi connectivity index (χ1v) is 8.60. The molecular weight excluding hydrogens is 364 g/mol. The molecule has 4 rings (SSSR count). The van der Waals surface area contributed by atoms with Crippen LogP contribution in [0.5, 0.6) is 0 Å². The molecule has 0 radical (unpaired) electrons. The summed E-state index contributed by atoms with van der Waals surface area (Å²) in [5.74, 6) is 0.151. The zero-order valence-electron chi connectivity index (χ0n) is 14.1. The van der Waals surface area contributed by atoms with Crippen molar-refractivity contribution in [2.45, 2.75) is 6.54 Å². The van der Waals surface area contributed by atoms with Crippen LogP contribution in [-0.4, -0.2) is 30.9 Å². The molecule has 27 heavy (non-hydrogen) atoms. The number of amides is 1. The second-order valence-electron chi connectivity index (χ2n) is 5.89. The van der Waals surface area contributed by atoms with Crippen LogP contribution >= 0.6 is 11.6 Å². The number of rotatable bonds is 5. The quantitative estimate of drug-likeness (QED) is 0.555. The molecule has 0 fully saturated rings. The molecule has 0 unspecified atom stereocenters. The molecule has 0 aliphatic rings. The third-order valence-corrected chi connectivity index (χ3v) is 4.15. The lowest BCUT2D eigenvalue weighted by molar-refractivity contribution is 0.102. The van der Waals surface area contributed by atoms with Crippen molar-refractivity contribution >= 4 is 23.3 Å². The van der Waals surface area contributed by atoms with Gasteiger partial charge in [0.1, 0.15) is 5.69 Å². The SMILES string of the molecule is O=C(Nc1ccn(Cc2ccncc2)n1)c1cc(-c2cccc(Cl)c2)n[nH]1. The van der Waals surface area contributed by atoms with Gasteiger partial charge in [-0.2, -0.15) is 10.2 Å². The summed E-state index contributed by atoms with van der Waals surface area (Å²) in [6.45, 7) is 0.599. The van der Waals surface area contributed by atoms with Gasteiger partial charge in [0.05, 0.1) is 12.2 Å². The van der Waals surface area contributed by atoms with E-state index in [1.165, 1.54) is 0 Å². The molecule has 7 nitrogen and oxygen atoms in total. The average molecular weight is 379 g/mol. The van der Waals surface area contributed by atoms with Gasteiger partial charge in [-0.15, -0.1) is 0 Å². The first kappa shape index (κ1) is 17.0. The Morgan fingerprint density at radius 3 is 2.81 bits per heavy atom. The molecule has 0 saturated carbocycles. The summed E-state index contributed by atoms with van der Waals surface area (Å²) in [6, 6.07) is 14.5. The molecule has 0 bridgehead atoms. The first-order valence-electron chi connectivity index (χ1n) is 8.22. The minimum atomic E-state index is -0.315. The van der Waals surface area contributed by atoms with E-state index in [9.17, 15) is 4.79 Å². The van der Waals surface area contributed by atoms with E-state index < -0.39 is 0 Å². The molecule has 1 aromatic carbocycles. The summed E-state index contributed by atoms with van der Waals surface area (Å²) in [6.07, 6.45) is 5.27. The number of nitrogens with one attached hydrogen (secondary N) is 2. The largest absolute Gasteiger partial charge is 0.304 e. The molecule has 3 aromatic heterocycles. The lowest BCUT2D eigenvalue weighted by atomic mass is 10.1. The van der Waals surface area contributed by atoms with Gasteiger partial charge in [-0.25, -0.2) is 0 Å². The molecule has 1 amide bonds. The zero-order valence-corrected chi connectivity index (χ0v) is 14.9. The summed E-state index contributed by atoms with van der Waals surface area (Å²) in [5.41, 5.74) is 2.89. The lowest BCUT2D eigenvalue weighted by Crippen LogP contribution is -2.13. The maximum atomic E-state index is 12.4. The number of carbonyl (C=O) groups is 1. The van der Waals surface area contributed by atoms with Crippen molar-refractivity contribution in [1.29, 1.82) is 0 Å². The third-order valence-electron chi connectivity index (χ3n) is 3.92. The van der Waals surface area contributed by atoms with Crippen LogP contribution in [-0.2, 0) is 6.54 Å². The number of nitrogens with zero attached hydrogens (tertiary/aromatic N) is 4. The maximum absolute atomic E-state index is 12.4. The highest BCUT2D eigenvalue weighted by molar-refractivity contribution is 6.30. The summed E-state index contributed by atoms with van der Waals surface area (Å²) in [7, 11) is 0. The van der Waals surface area contributed by atoms with Gasteiger partial charge in [-0.1, -0.05) is 23.7 Å². The smallest absolute Gasteiger partial charge is 0.274 e. The van der Waals surface area contributed by atoms with E-state index in [1.807, 2.05) is 24.3 Å². The van der Waals surface area contributed by atoms with Crippen molar-refractivity contribution in [3.05, 3.63) is 83.4 Å². The van der Waals surface area contributed by atoms with E-state index in [0.717, 1.165) is 11.1 Å². The summed E-state index contributed by atoms with van der Waals surface area (Å²) >= 11 is 6.00. The highest BCUT2D eigenvalue weighted by Crippen LogP contribution is 2.21. The van der Waals surface area contributed by atoms with E-state index in [2.05, 4.69) is 25.6 Å². The molecular formula is C19H15ClN6O. The Hall–Kier alpha value is -3.45. The minimum absolute atomic E-state index is 0.315. The number of pyridine rings is 1. The van der Waals surface area contributed by atoms with Crippen LogP contribution in [0.25, 0.3) is 11.3 Å². The predicted octanol–water partition coefficient (Wildman–Crippen LogP) is 3.62. The van der Waals surface area contributed by atoms with E-state index >= 15 is 0 Å². The summed E-state index contributed by atoms with van der Waals surface area (Å²) in [5, 5.41) is 14.7. The molecule has 0 aliphatic carbocycles. The fraction of sp³-hybridized carbons (Fsp3) is 0.0526. The molecule has 8 heteroatoms. The number of benzene rings is 1. The maximum Gasteiger partial charge on any atom is 0.274 e. The van der Waals surface area contributed by atoms with E-state index in [1.54, 1.807) is 47.5 Å². The second kappa shape index (κ2) is 7.43. The Kier molecular flexibility index (Phi) is 4.67. The van der Waals surface area contributed by atoms with Crippen LogP contribution in [0.4, 0.5) is 5.82 Å². The van der Waals surface area contributed by atoms with Crippen molar-refractivity contribution < 1.29 is 4.79 Å². The van der Waals surface area contributed by atoms with Crippen LogP contribution in [0, 0.1) is 0 Å². The Morgan fingerprint density at radius 2 is 2.00 bits per heavy atom. The molecule has 4 aromatic rings. The Bertz CT molecular complexity index is 1070. The fourth-order valence-electron chi connectivity index (χ4n) is 2.61. The summed E-state index contributed by atoms with van der Waals surface area (Å²) < 4.78 is 1.75. The standard InChI is InChI=1S/C19H15ClN6O/c20-15-3-1-2-14(10-15)16-11-17(24-23-16)19(27)22-18-6-9-26(25-18)12-13-4-7-21-8-5-13/h1-11H,12H2,(H,23,24)(H,22,25,27). The third kappa shape index (κ3) is 4.04. The second-order valence-corrected chi connectivity index (χ2v) is 6.32. The molecule has 0 spiro atoms. The predicted molar refractivity (Wildman–Crippen MR) is 103 cm³/mol. The monoisotopic (exact) mass is 378 g/mol. The van der Waals surface area contributed by atoms with E-state index in [0.29, 0.717) is 28.8 Å². The van der Waals surface area contributed by atoms with Crippen LogP contribution < -0.4 is 5.32 Å². The molecule has 3 heterocycles. The van der Waals surface area contributed by atoms with E-state index in [4.69, 9.17) is 11.6 Å². The van der Waals surface area contributed by atoms with Crippen molar-refractivity contribution in [1.82, 2.24) is 25.0 Å². The first-order chi connectivity index (χ1) is 13.2. The van der Waals surface area contributed by atoms with Crippen molar-refractivity contribution in [2.75, 3.05) is 5.32 Å². The summed E-state index contributed by atoms with van der Waals surface area (Å²) in [4.78, 5) is 16.4. The molecule has 0 atom stereocenters. The van der Waals surface area contributed by atoms with Gasteiger partial charge < -0.3 is 5.32 Å². The molecule has 134 valence electrons.